The Morgan fingerprint density at radius 1 is 1.50 bits per heavy atom. The van der Waals surface area contributed by atoms with Crippen molar-refractivity contribution in [2.75, 3.05) is 0 Å². The quantitative estimate of drug-likeness (QED) is 0.662. The summed E-state index contributed by atoms with van der Waals surface area (Å²) in [5.74, 6) is 0.805. The van der Waals surface area contributed by atoms with Crippen LogP contribution in [-0.2, 0) is 0 Å². The minimum Gasteiger partial charge on any atom is -0.464 e. The van der Waals surface area contributed by atoms with E-state index in [2.05, 4.69) is 0 Å². The Labute approximate surface area is 73.4 Å². The van der Waals surface area contributed by atoms with Crippen molar-refractivity contribution in [3.63, 3.8) is 0 Å². The van der Waals surface area contributed by atoms with E-state index in [4.69, 9.17) is 4.42 Å². The highest BCUT2D eigenvalue weighted by Gasteiger charge is 2.02. The lowest BCUT2D eigenvalue weighted by molar-refractivity contribution is 0.112. The SMILES string of the molecule is O=Cc1cc(-c2ccco2)cs1. The zero-order valence-corrected chi connectivity index (χ0v) is 7.01. The third kappa shape index (κ3) is 1.19. The second-order valence-corrected chi connectivity index (χ2v) is 3.28. The summed E-state index contributed by atoms with van der Waals surface area (Å²) in [6.45, 7) is 0. The van der Waals surface area contributed by atoms with Crippen molar-refractivity contribution in [1.82, 2.24) is 0 Å². The third-order valence-electron chi connectivity index (χ3n) is 1.54. The van der Waals surface area contributed by atoms with E-state index in [1.807, 2.05) is 23.6 Å². The van der Waals surface area contributed by atoms with Crippen LogP contribution in [-0.4, -0.2) is 6.29 Å². The van der Waals surface area contributed by atoms with Crippen LogP contribution in [0.1, 0.15) is 9.67 Å². The minimum absolute atomic E-state index is 0.724. The van der Waals surface area contributed by atoms with E-state index in [-0.39, 0.29) is 0 Å². The van der Waals surface area contributed by atoms with Crippen LogP contribution in [0.15, 0.2) is 34.3 Å². The standard InChI is InChI=1S/C9H6O2S/c10-5-8-4-7(6-12-8)9-2-1-3-11-9/h1-6H. The average molecular weight is 178 g/mol. The second kappa shape index (κ2) is 2.95. The Balaban J connectivity index is 2.41. The number of aldehydes is 1. The molecule has 0 N–H and O–H groups in total. The first-order valence-corrected chi connectivity index (χ1v) is 4.36. The molecule has 2 rings (SSSR count). The Kier molecular flexibility index (Phi) is 1.80. The van der Waals surface area contributed by atoms with E-state index in [0.29, 0.717) is 0 Å². The molecule has 0 aliphatic carbocycles. The van der Waals surface area contributed by atoms with Crippen LogP contribution < -0.4 is 0 Å². The number of hydrogen-bond acceptors (Lipinski definition) is 3. The van der Waals surface area contributed by atoms with Gasteiger partial charge in [0, 0.05) is 10.9 Å². The van der Waals surface area contributed by atoms with Gasteiger partial charge in [-0.2, -0.15) is 0 Å². The highest BCUT2D eigenvalue weighted by molar-refractivity contribution is 7.12. The van der Waals surface area contributed by atoms with Gasteiger partial charge in [0.1, 0.15) is 5.76 Å². The fourth-order valence-electron chi connectivity index (χ4n) is 0.987. The summed E-state index contributed by atoms with van der Waals surface area (Å²) >= 11 is 1.42. The van der Waals surface area contributed by atoms with Crippen LogP contribution in [0.25, 0.3) is 11.3 Å². The normalized spacial score (nSPS) is 10.0. The van der Waals surface area contributed by atoms with Crippen molar-refractivity contribution in [1.29, 1.82) is 0 Å². The molecule has 0 fully saturated rings. The van der Waals surface area contributed by atoms with E-state index in [9.17, 15) is 4.79 Å². The molecule has 0 saturated carbocycles. The number of rotatable bonds is 2. The summed E-state index contributed by atoms with van der Waals surface area (Å²) in [6, 6.07) is 5.51. The summed E-state index contributed by atoms with van der Waals surface area (Å²) in [7, 11) is 0. The van der Waals surface area contributed by atoms with Gasteiger partial charge in [0.2, 0.25) is 0 Å². The van der Waals surface area contributed by atoms with Gasteiger partial charge in [-0.3, -0.25) is 4.79 Å². The van der Waals surface area contributed by atoms with E-state index < -0.39 is 0 Å². The average Bonchev–Trinajstić information content (AvgIpc) is 2.75. The van der Waals surface area contributed by atoms with Gasteiger partial charge in [-0.05, 0) is 18.2 Å². The molecule has 12 heavy (non-hydrogen) atoms. The molecule has 0 spiro atoms. The maximum atomic E-state index is 10.4. The molecule has 0 aromatic carbocycles. The zero-order chi connectivity index (χ0) is 8.39. The topological polar surface area (TPSA) is 30.2 Å². The molecule has 0 aliphatic rings. The first kappa shape index (κ1) is 7.31. The summed E-state index contributed by atoms with van der Waals surface area (Å²) in [6.07, 6.45) is 2.46. The van der Waals surface area contributed by atoms with Gasteiger partial charge in [0.05, 0.1) is 11.1 Å². The molecule has 2 aromatic heterocycles. The lowest BCUT2D eigenvalue weighted by Gasteiger charge is -1.85. The van der Waals surface area contributed by atoms with Crippen LogP contribution in [0.4, 0.5) is 0 Å². The van der Waals surface area contributed by atoms with Crippen molar-refractivity contribution < 1.29 is 9.21 Å². The Hall–Kier alpha value is -1.35. The largest absolute Gasteiger partial charge is 0.464 e. The summed E-state index contributed by atoms with van der Waals surface area (Å²) in [4.78, 5) is 11.1. The highest BCUT2D eigenvalue weighted by atomic mass is 32.1. The van der Waals surface area contributed by atoms with Crippen molar-refractivity contribution in [3.8, 4) is 11.3 Å². The van der Waals surface area contributed by atoms with Crippen LogP contribution in [0, 0.1) is 0 Å². The molecule has 0 aliphatic heterocycles. The van der Waals surface area contributed by atoms with Gasteiger partial charge in [-0.15, -0.1) is 11.3 Å². The molecule has 2 aromatic rings. The van der Waals surface area contributed by atoms with Crippen molar-refractivity contribution >= 4 is 17.6 Å². The van der Waals surface area contributed by atoms with E-state index in [1.165, 1.54) is 11.3 Å². The first-order valence-electron chi connectivity index (χ1n) is 3.48. The van der Waals surface area contributed by atoms with E-state index in [0.717, 1.165) is 22.5 Å². The smallest absolute Gasteiger partial charge is 0.160 e. The monoisotopic (exact) mass is 178 g/mol. The van der Waals surface area contributed by atoms with Gasteiger partial charge in [0.25, 0.3) is 0 Å². The molecule has 2 nitrogen and oxygen atoms in total. The molecule has 3 heteroatoms. The zero-order valence-electron chi connectivity index (χ0n) is 6.19. The molecule has 0 radical (unpaired) electrons. The number of furan rings is 1. The molecular weight excluding hydrogens is 172 g/mol. The van der Waals surface area contributed by atoms with Crippen LogP contribution >= 0.6 is 11.3 Å². The number of hydrogen-bond donors (Lipinski definition) is 0. The molecule has 0 amide bonds. The van der Waals surface area contributed by atoms with Crippen molar-refractivity contribution in [2.45, 2.75) is 0 Å². The molecule has 0 unspecified atom stereocenters. The third-order valence-corrected chi connectivity index (χ3v) is 2.40. The fraction of sp³-hybridized carbons (Fsp3) is 0. The number of thiophene rings is 1. The summed E-state index contributed by atoms with van der Waals surface area (Å²) < 4.78 is 5.17. The number of carbonyl (C=O) groups excluding carboxylic acids is 1. The van der Waals surface area contributed by atoms with Crippen LogP contribution in [0.2, 0.25) is 0 Å². The Morgan fingerprint density at radius 2 is 2.42 bits per heavy atom. The Morgan fingerprint density at radius 3 is 3.00 bits per heavy atom. The predicted molar refractivity (Wildman–Crippen MR) is 47.4 cm³/mol. The van der Waals surface area contributed by atoms with E-state index in [1.54, 1.807) is 6.26 Å². The summed E-state index contributed by atoms with van der Waals surface area (Å²) in [5, 5.41) is 1.91. The van der Waals surface area contributed by atoms with Gasteiger partial charge in [-0.25, -0.2) is 0 Å². The van der Waals surface area contributed by atoms with Crippen LogP contribution in [0.3, 0.4) is 0 Å². The molecule has 0 saturated heterocycles. The molecule has 60 valence electrons. The molecule has 2 heterocycles. The maximum absolute atomic E-state index is 10.4. The van der Waals surface area contributed by atoms with Gasteiger partial charge in [-0.1, -0.05) is 0 Å². The van der Waals surface area contributed by atoms with Gasteiger partial charge < -0.3 is 4.42 Å². The first-order chi connectivity index (χ1) is 5.90. The molecular formula is C9H6O2S. The lowest BCUT2D eigenvalue weighted by atomic mass is 10.2. The maximum Gasteiger partial charge on any atom is 0.160 e. The summed E-state index contributed by atoms with van der Waals surface area (Å²) in [5.41, 5.74) is 0.965. The predicted octanol–water partition coefficient (Wildman–Crippen LogP) is 2.82. The Bertz CT molecular complexity index is 373. The van der Waals surface area contributed by atoms with Crippen LogP contribution in [0.5, 0.6) is 0 Å². The van der Waals surface area contributed by atoms with Gasteiger partial charge in [0.15, 0.2) is 6.29 Å². The second-order valence-electron chi connectivity index (χ2n) is 2.33. The lowest BCUT2D eigenvalue weighted by Crippen LogP contribution is -1.67. The molecule has 0 bridgehead atoms. The van der Waals surface area contributed by atoms with Crippen molar-refractivity contribution in [3.05, 3.63) is 34.7 Å². The van der Waals surface area contributed by atoms with Gasteiger partial charge >= 0.3 is 0 Å². The number of carbonyl (C=O) groups is 1. The fourth-order valence-corrected chi connectivity index (χ4v) is 1.68. The highest BCUT2D eigenvalue weighted by Crippen LogP contribution is 2.24. The molecule has 0 atom stereocenters. The van der Waals surface area contributed by atoms with Crippen molar-refractivity contribution in [2.24, 2.45) is 0 Å². The minimum atomic E-state index is 0.724. The van der Waals surface area contributed by atoms with E-state index >= 15 is 0 Å².